The Balaban J connectivity index is 1.14. The molecule has 0 radical (unpaired) electrons. The molecular weight excluding hydrogens is 372 g/mol. The molecule has 1 saturated heterocycles. The number of amides is 1. The van der Waals surface area contributed by atoms with Crippen molar-refractivity contribution in [1.82, 2.24) is 10.2 Å². The normalized spacial score (nSPS) is 32.0. The Kier molecular flexibility index (Phi) is 5.90. The van der Waals surface area contributed by atoms with Gasteiger partial charge in [0.25, 0.3) is 5.91 Å². The maximum absolute atomic E-state index is 13.3. The molecule has 3 saturated carbocycles. The first-order chi connectivity index (χ1) is 14.7. The van der Waals surface area contributed by atoms with Crippen LogP contribution in [0, 0.1) is 29.6 Å². The fourth-order valence-corrected chi connectivity index (χ4v) is 6.86. The lowest BCUT2D eigenvalue weighted by Crippen LogP contribution is -2.49. The van der Waals surface area contributed by atoms with Crippen LogP contribution in [0.4, 0.5) is 0 Å². The highest BCUT2D eigenvalue weighted by atomic mass is 16.3. The Bertz CT molecular complexity index is 714. The standard InChI is InChI=1S/C26H38N2O2/c29-25(26(30,21-13-7-8-14-21)20-11-5-2-6-12-20)27-15-22-23-17-28(18-24(22)23)16-19-9-3-1-4-10-19/h2,5-6,11-12,19,21-24,30H,1,3-4,7-10,13-18H2,(H,27,29). The Labute approximate surface area is 181 Å². The zero-order valence-corrected chi connectivity index (χ0v) is 18.3. The number of piperidine rings is 1. The monoisotopic (exact) mass is 410 g/mol. The van der Waals surface area contributed by atoms with Gasteiger partial charge in [0.2, 0.25) is 0 Å². The number of fused-ring (bicyclic) bond motifs is 1. The fraction of sp³-hybridized carbons (Fsp3) is 0.731. The maximum Gasteiger partial charge on any atom is 0.256 e. The third-order valence-electron chi connectivity index (χ3n) is 8.69. The summed E-state index contributed by atoms with van der Waals surface area (Å²) in [6.45, 7) is 4.45. The lowest BCUT2D eigenvalue weighted by molar-refractivity contribution is -0.147. The number of rotatable bonds is 7. The summed E-state index contributed by atoms with van der Waals surface area (Å²) in [5.74, 6) is 2.89. The summed E-state index contributed by atoms with van der Waals surface area (Å²) in [5.41, 5.74) is -0.626. The first-order valence-corrected chi connectivity index (χ1v) is 12.4. The summed E-state index contributed by atoms with van der Waals surface area (Å²) in [5, 5.41) is 14.8. The van der Waals surface area contributed by atoms with Crippen molar-refractivity contribution in [2.75, 3.05) is 26.2 Å². The molecule has 0 aromatic heterocycles. The Morgan fingerprint density at radius 3 is 2.27 bits per heavy atom. The number of carbonyl (C=O) groups is 1. The van der Waals surface area contributed by atoms with Gasteiger partial charge in [0, 0.05) is 32.1 Å². The molecule has 1 amide bonds. The van der Waals surface area contributed by atoms with Gasteiger partial charge in [0.15, 0.2) is 5.60 Å². The van der Waals surface area contributed by atoms with E-state index in [1.54, 1.807) is 0 Å². The largest absolute Gasteiger partial charge is 0.375 e. The van der Waals surface area contributed by atoms with Gasteiger partial charge in [-0.05, 0) is 54.9 Å². The summed E-state index contributed by atoms with van der Waals surface area (Å²) in [7, 11) is 0. The highest BCUT2D eigenvalue weighted by Crippen LogP contribution is 2.51. The molecule has 5 rings (SSSR count). The minimum Gasteiger partial charge on any atom is -0.375 e. The summed E-state index contributed by atoms with van der Waals surface area (Å²) in [4.78, 5) is 15.9. The van der Waals surface area contributed by atoms with E-state index in [0.29, 0.717) is 5.92 Å². The van der Waals surface area contributed by atoms with Crippen molar-refractivity contribution in [3.05, 3.63) is 35.9 Å². The first-order valence-electron chi connectivity index (χ1n) is 12.4. The Hall–Kier alpha value is -1.39. The number of benzene rings is 1. The van der Waals surface area contributed by atoms with E-state index >= 15 is 0 Å². The molecule has 0 spiro atoms. The molecule has 4 aliphatic rings. The Morgan fingerprint density at radius 1 is 0.967 bits per heavy atom. The Morgan fingerprint density at radius 2 is 1.60 bits per heavy atom. The van der Waals surface area contributed by atoms with Crippen LogP contribution in [0.25, 0.3) is 0 Å². The molecule has 164 valence electrons. The number of hydrogen-bond donors (Lipinski definition) is 2. The van der Waals surface area contributed by atoms with E-state index in [-0.39, 0.29) is 11.8 Å². The topological polar surface area (TPSA) is 52.6 Å². The van der Waals surface area contributed by atoms with Gasteiger partial charge >= 0.3 is 0 Å². The van der Waals surface area contributed by atoms with Gasteiger partial charge in [0.05, 0.1) is 0 Å². The van der Waals surface area contributed by atoms with Gasteiger partial charge < -0.3 is 15.3 Å². The molecule has 3 atom stereocenters. The van der Waals surface area contributed by atoms with Gasteiger partial charge in [-0.15, -0.1) is 0 Å². The molecule has 4 nitrogen and oxygen atoms in total. The van der Waals surface area contributed by atoms with Crippen molar-refractivity contribution in [2.45, 2.75) is 63.4 Å². The van der Waals surface area contributed by atoms with Crippen LogP contribution in [-0.4, -0.2) is 42.1 Å². The van der Waals surface area contributed by atoms with Crippen molar-refractivity contribution >= 4 is 5.91 Å². The lowest BCUT2D eigenvalue weighted by Gasteiger charge is -2.33. The van der Waals surface area contributed by atoms with Crippen molar-refractivity contribution in [3.8, 4) is 0 Å². The number of aliphatic hydroxyl groups is 1. The molecule has 3 aliphatic carbocycles. The lowest BCUT2D eigenvalue weighted by atomic mass is 9.79. The number of nitrogens with one attached hydrogen (secondary N) is 1. The smallest absolute Gasteiger partial charge is 0.256 e. The number of carbonyl (C=O) groups excluding carboxylic acids is 1. The molecule has 1 aromatic rings. The fourth-order valence-electron chi connectivity index (χ4n) is 6.86. The summed E-state index contributed by atoms with van der Waals surface area (Å²) < 4.78 is 0. The molecule has 1 heterocycles. The minimum atomic E-state index is -1.38. The molecule has 4 fully saturated rings. The van der Waals surface area contributed by atoms with Crippen LogP contribution in [0.2, 0.25) is 0 Å². The van der Waals surface area contributed by atoms with Gasteiger partial charge in [-0.3, -0.25) is 4.79 Å². The van der Waals surface area contributed by atoms with Crippen LogP contribution in [0.3, 0.4) is 0 Å². The zero-order chi connectivity index (χ0) is 20.6. The van der Waals surface area contributed by atoms with Crippen LogP contribution in [-0.2, 0) is 10.4 Å². The van der Waals surface area contributed by atoms with Gasteiger partial charge in [-0.1, -0.05) is 62.4 Å². The average Bonchev–Trinajstić information content (AvgIpc) is 3.17. The van der Waals surface area contributed by atoms with E-state index in [1.807, 2.05) is 30.3 Å². The molecular formula is C26H38N2O2. The molecule has 30 heavy (non-hydrogen) atoms. The van der Waals surface area contributed by atoms with Crippen molar-refractivity contribution in [2.24, 2.45) is 29.6 Å². The number of nitrogens with zero attached hydrogens (tertiary/aromatic N) is 1. The van der Waals surface area contributed by atoms with E-state index in [1.165, 1.54) is 51.7 Å². The molecule has 0 bridgehead atoms. The summed E-state index contributed by atoms with van der Waals surface area (Å²) >= 11 is 0. The van der Waals surface area contributed by atoms with E-state index in [0.717, 1.165) is 55.5 Å². The zero-order valence-electron chi connectivity index (χ0n) is 18.3. The summed E-state index contributed by atoms with van der Waals surface area (Å²) in [6, 6.07) is 9.62. The van der Waals surface area contributed by atoms with Crippen molar-refractivity contribution in [1.29, 1.82) is 0 Å². The molecule has 4 heteroatoms. The molecule has 3 unspecified atom stereocenters. The van der Waals surface area contributed by atoms with Gasteiger partial charge in [-0.2, -0.15) is 0 Å². The predicted molar refractivity (Wildman–Crippen MR) is 119 cm³/mol. The molecule has 1 aliphatic heterocycles. The van der Waals surface area contributed by atoms with Gasteiger partial charge in [-0.25, -0.2) is 0 Å². The van der Waals surface area contributed by atoms with Gasteiger partial charge in [0.1, 0.15) is 0 Å². The third kappa shape index (κ3) is 3.93. The van der Waals surface area contributed by atoms with Crippen LogP contribution in [0.5, 0.6) is 0 Å². The second-order valence-electron chi connectivity index (χ2n) is 10.5. The quantitative estimate of drug-likeness (QED) is 0.716. The van der Waals surface area contributed by atoms with E-state index in [4.69, 9.17) is 0 Å². The van der Waals surface area contributed by atoms with Crippen LogP contribution in [0.15, 0.2) is 30.3 Å². The maximum atomic E-state index is 13.3. The number of hydrogen-bond acceptors (Lipinski definition) is 3. The number of likely N-dealkylation sites (tertiary alicyclic amines) is 1. The highest BCUT2D eigenvalue weighted by molar-refractivity contribution is 5.86. The second kappa shape index (κ2) is 8.63. The van der Waals surface area contributed by atoms with Crippen molar-refractivity contribution in [3.63, 3.8) is 0 Å². The van der Waals surface area contributed by atoms with E-state index in [9.17, 15) is 9.90 Å². The van der Waals surface area contributed by atoms with Crippen LogP contribution in [0.1, 0.15) is 63.4 Å². The highest BCUT2D eigenvalue weighted by Gasteiger charge is 2.56. The average molecular weight is 411 g/mol. The first kappa shape index (κ1) is 20.5. The van der Waals surface area contributed by atoms with Crippen LogP contribution < -0.4 is 5.32 Å². The predicted octanol–water partition coefficient (Wildman–Crippen LogP) is 3.94. The second-order valence-corrected chi connectivity index (χ2v) is 10.5. The van der Waals surface area contributed by atoms with E-state index < -0.39 is 5.60 Å². The SMILES string of the molecule is O=C(NCC1C2CN(CC3CCCCC3)CC12)C(O)(c1ccccc1)C1CCCC1. The third-order valence-corrected chi connectivity index (χ3v) is 8.69. The van der Waals surface area contributed by atoms with Crippen LogP contribution >= 0.6 is 0 Å². The minimum absolute atomic E-state index is 0.0320. The molecule has 1 aromatic carbocycles. The molecule has 2 N–H and O–H groups in total. The summed E-state index contributed by atoms with van der Waals surface area (Å²) in [6.07, 6.45) is 11.2. The van der Waals surface area contributed by atoms with E-state index in [2.05, 4.69) is 10.2 Å². The van der Waals surface area contributed by atoms with Crippen molar-refractivity contribution < 1.29 is 9.90 Å².